The molecule has 0 spiro atoms. The summed E-state index contributed by atoms with van der Waals surface area (Å²) in [5.74, 6) is 0.560. The van der Waals surface area contributed by atoms with E-state index in [2.05, 4.69) is 31.1 Å². The normalized spacial score (nSPS) is 12.0. The molecule has 0 saturated heterocycles. The highest BCUT2D eigenvalue weighted by atomic mass is 16.5. The van der Waals surface area contributed by atoms with E-state index in [1.165, 1.54) is 0 Å². The van der Waals surface area contributed by atoms with Gasteiger partial charge in [-0.2, -0.15) is 0 Å². The lowest BCUT2D eigenvalue weighted by atomic mass is 10.2. The van der Waals surface area contributed by atoms with Crippen LogP contribution in [-0.2, 0) is 11.3 Å². The monoisotopic (exact) mass is 276 g/mol. The van der Waals surface area contributed by atoms with Crippen LogP contribution in [0.3, 0.4) is 0 Å². The van der Waals surface area contributed by atoms with Gasteiger partial charge in [0.2, 0.25) is 0 Å². The quantitative estimate of drug-likeness (QED) is 0.716. The van der Waals surface area contributed by atoms with Crippen molar-refractivity contribution in [3.05, 3.63) is 42.5 Å². The van der Waals surface area contributed by atoms with Crippen LogP contribution in [-0.4, -0.2) is 24.6 Å². The van der Waals surface area contributed by atoms with Crippen LogP contribution in [0, 0.1) is 0 Å². The minimum atomic E-state index is -0.525. The van der Waals surface area contributed by atoms with Gasteiger partial charge in [0.05, 0.1) is 0 Å². The van der Waals surface area contributed by atoms with E-state index >= 15 is 0 Å². The van der Waals surface area contributed by atoms with Gasteiger partial charge in [0.15, 0.2) is 6.10 Å². The van der Waals surface area contributed by atoms with E-state index in [9.17, 15) is 4.79 Å². The van der Waals surface area contributed by atoms with Crippen LogP contribution in [0.5, 0.6) is 5.75 Å². The Labute approximate surface area is 121 Å². The van der Waals surface area contributed by atoms with Gasteiger partial charge in [-0.15, -0.1) is 6.58 Å². The fourth-order valence-electron chi connectivity index (χ4n) is 1.62. The average molecular weight is 276 g/mol. The van der Waals surface area contributed by atoms with E-state index in [4.69, 9.17) is 4.74 Å². The Kier molecular flexibility index (Phi) is 6.81. The van der Waals surface area contributed by atoms with E-state index in [0.717, 1.165) is 12.1 Å². The summed E-state index contributed by atoms with van der Waals surface area (Å²) in [7, 11) is 0. The second-order valence-electron chi connectivity index (χ2n) is 4.98. The second-order valence-corrected chi connectivity index (χ2v) is 4.98. The van der Waals surface area contributed by atoms with Crippen molar-refractivity contribution in [2.75, 3.05) is 6.54 Å². The molecule has 1 atom stereocenters. The lowest BCUT2D eigenvalue weighted by molar-refractivity contribution is -0.127. The van der Waals surface area contributed by atoms with E-state index < -0.39 is 6.10 Å². The molecule has 110 valence electrons. The number of ether oxygens (including phenoxy) is 1. The molecule has 0 radical (unpaired) electrons. The molecular weight excluding hydrogens is 252 g/mol. The third-order valence-electron chi connectivity index (χ3n) is 2.72. The number of hydrogen-bond donors (Lipinski definition) is 2. The summed E-state index contributed by atoms with van der Waals surface area (Å²) >= 11 is 0. The summed E-state index contributed by atoms with van der Waals surface area (Å²) in [6.07, 6.45) is 1.12. The smallest absolute Gasteiger partial charge is 0.261 e. The molecule has 0 aliphatic carbocycles. The van der Waals surface area contributed by atoms with Gasteiger partial charge >= 0.3 is 0 Å². The van der Waals surface area contributed by atoms with Crippen LogP contribution in [0.2, 0.25) is 0 Å². The molecule has 0 aliphatic rings. The third-order valence-corrected chi connectivity index (χ3v) is 2.72. The molecule has 1 unspecified atom stereocenters. The topological polar surface area (TPSA) is 50.4 Å². The highest BCUT2D eigenvalue weighted by Crippen LogP contribution is 2.15. The first-order valence-corrected chi connectivity index (χ1v) is 6.90. The molecule has 1 aromatic carbocycles. The van der Waals surface area contributed by atoms with Crippen molar-refractivity contribution in [3.8, 4) is 5.75 Å². The van der Waals surface area contributed by atoms with E-state index in [-0.39, 0.29) is 5.91 Å². The summed E-state index contributed by atoms with van der Waals surface area (Å²) in [4.78, 5) is 11.7. The van der Waals surface area contributed by atoms with Crippen LogP contribution in [0.1, 0.15) is 26.3 Å². The largest absolute Gasteiger partial charge is 0.481 e. The van der Waals surface area contributed by atoms with Crippen molar-refractivity contribution in [2.45, 2.75) is 39.5 Å². The molecule has 0 saturated carbocycles. The van der Waals surface area contributed by atoms with Crippen LogP contribution in [0.4, 0.5) is 0 Å². The zero-order valence-electron chi connectivity index (χ0n) is 12.5. The van der Waals surface area contributed by atoms with Gasteiger partial charge < -0.3 is 15.4 Å². The molecule has 0 aliphatic heterocycles. The number of hydrogen-bond acceptors (Lipinski definition) is 3. The van der Waals surface area contributed by atoms with Crippen molar-refractivity contribution >= 4 is 5.91 Å². The SMILES string of the molecule is C=CCNC(=O)C(C)Oc1cccc(CNC(C)C)c1. The molecule has 0 fully saturated rings. The lowest BCUT2D eigenvalue weighted by Crippen LogP contribution is -2.36. The van der Waals surface area contributed by atoms with Gasteiger partial charge in [-0.05, 0) is 24.6 Å². The molecule has 0 aromatic heterocycles. The van der Waals surface area contributed by atoms with Crippen LogP contribution < -0.4 is 15.4 Å². The number of amides is 1. The maximum absolute atomic E-state index is 11.7. The molecular formula is C16H24N2O2. The highest BCUT2D eigenvalue weighted by Gasteiger charge is 2.13. The van der Waals surface area contributed by atoms with E-state index in [1.54, 1.807) is 13.0 Å². The molecule has 1 aromatic rings. The average Bonchev–Trinajstić information content (AvgIpc) is 2.42. The fraction of sp³-hybridized carbons (Fsp3) is 0.438. The van der Waals surface area contributed by atoms with Crippen molar-refractivity contribution < 1.29 is 9.53 Å². The van der Waals surface area contributed by atoms with E-state index in [0.29, 0.717) is 18.3 Å². The summed E-state index contributed by atoms with van der Waals surface area (Å²) in [5, 5.41) is 6.06. The molecule has 2 N–H and O–H groups in total. The Bertz CT molecular complexity index is 444. The van der Waals surface area contributed by atoms with Gasteiger partial charge in [-0.1, -0.05) is 32.1 Å². The first-order valence-electron chi connectivity index (χ1n) is 6.90. The van der Waals surface area contributed by atoms with Crippen molar-refractivity contribution in [2.24, 2.45) is 0 Å². The highest BCUT2D eigenvalue weighted by molar-refractivity contribution is 5.80. The number of rotatable bonds is 8. The summed E-state index contributed by atoms with van der Waals surface area (Å²) in [6.45, 7) is 10.7. The standard InChI is InChI=1S/C16H24N2O2/c1-5-9-17-16(19)13(4)20-15-8-6-7-14(10-15)11-18-12(2)3/h5-8,10,12-13,18H,1,9,11H2,2-4H3,(H,17,19). The molecule has 4 heteroatoms. The first-order chi connectivity index (χ1) is 9.52. The summed E-state index contributed by atoms with van der Waals surface area (Å²) < 4.78 is 5.65. The fourth-order valence-corrected chi connectivity index (χ4v) is 1.62. The predicted molar refractivity (Wildman–Crippen MR) is 81.7 cm³/mol. The van der Waals surface area contributed by atoms with Crippen molar-refractivity contribution in [1.82, 2.24) is 10.6 Å². The molecule has 0 bridgehead atoms. The van der Waals surface area contributed by atoms with Gasteiger partial charge in [0.1, 0.15) is 5.75 Å². The maximum atomic E-state index is 11.7. The second kappa shape index (κ2) is 8.38. The predicted octanol–water partition coefficient (Wildman–Crippen LogP) is 2.25. The minimum Gasteiger partial charge on any atom is -0.481 e. The first kappa shape index (κ1) is 16.2. The van der Waals surface area contributed by atoms with Crippen LogP contribution in [0.25, 0.3) is 0 Å². The molecule has 1 rings (SSSR count). The Morgan fingerprint density at radius 1 is 1.40 bits per heavy atom. The minimum absolute atomic E-state index is 0.143. The number of carbonyl (C=O) groups excluding carboxylic acids is 1. The van der Waals surface area contributed by atoms with E-state index in [1.807, 2.05) is 24.3 Å². The van der Waals surface area contributed by atoms with Gasteiger partial charge in [0, 0.05) is 19.1 Å². The Morgan fingerprint density at radius 2 is 2.15 bits per heavy atom. The summed E-state index contributed by atoms with van der Waals surface area (Å²) in [6, 6.07) is 8.21. The van der Waals surface area contributed by atoms with Gasteiger partial charge in [-0.25, -0.2) is 0 Å². The molecule has 20 heavy (non-hydrogen) atoms. The lowest BCUT2D eigenvalue weighted by Gasteiger charge is -2.15. The Morgan fingerprint density at radius 3 is 2.80 bits per heavy atom. The summed E-state index contributed by atoms with van der Waals surface area (Å²) in [5.41, 5.74) is 1.13. The zero-order chi connectivity index (χ0) is 15.0. The van der Waals surface area contributed by atoms with Crippen LogP contribution >= 0.6 is 0 Å². The van der Waals surface area contributed by atoms with Crippen molar-refractivity contribution in [3.63, 3.8) is 0 Å². The van der Waals surface area contributed by atoms with Crippen LogP contribution in [0.15, 0.2) is 36.9 Å². The Balaban J connectivity index is 2.56. The molecule has 1 amide bonds. The van der Waals surface area contributed by atoms with Gasteiger partial charge in [-0.3, -0.25) is 4.79 Å². The molecule has 0 heterocycles. The van der Waals surface area contributed by atoms with Gasteiger partial charge in [0.25, 0.3) is 5.91 Å². The Hall–Kier alpha value is -1.81. The number of nitrogens with one attached hydrogen (secondary N) is 2. The zero-order valence-corrected chi connectivity index (χ0v) is 12.5. The number of benzene rings is 1. The third kappa shape index (κ3) is 5.89. The maximum Gasteiger partial charge on any atom is 0.261 e. The number of carbonyl (C=O) groups is 1. The van der Waals surface area contributed by atoms with Crippen molar-refractivity contribution in [1.29, 1.82) is 0 Å². The molecule has 4 nitrogen and oxygen atoms in total.